The summed E-state index contributed by atoms with van der Waals surface area (Å²) >= 11 is 0. The maximum absolute atomic E-state index is 14.3. The monoisotopic (exact) mass is 489 g/mol. The minimum absolute atomic E-state index is 0.00633. The molecular formula is C26H21F2N5O3. The van der Waals surface area contributed by atoms with Crippen LogP contribution in [-0.4, -0.2) is 41.5 Å². The SMILES string of the molecule is O=C(Nc1cccc(F)c1)Nc1cc(F)cc(C(=O)c2ccc3ncc(C4CNCCO4)cc3n2)c1. The molecule has 0 bridgehead atoms. The van der Waals surface area contributed by atoms with Crippen LogP contribution in [0, 0.1) is 11.6 Å². The summed E-state index contributed by atoms with van der Waals surface area (Å²) in [5.74, 6) is -1.75. The molecule has 0 radical (unpaired) electrons. The molecule has 182 valence electrons. The Morgan fingerprint density at radius 3 is 2.58 bits per heavy atom. The Kier molecular flexibility index (Phi) is 6.61. The number of rotatable bonds is 5. The number of amides is 2. The summed E-state index contributed by atoms with van der Waals surface area (Å²) in [5, 5.41) is 8.17. The average molecular weight is 489 g/mol. The zero-order valence-corrected chi connectivity index (χ0v) is 18.9. The number of anilines is 2. The average Bonchev–Trinajstić information content (AvgIpc) is 2.87. The summed E-state index contributed by atoms with van der Waals surface area (Å²) in [4.78, 5) is 34.3. The van der Waals surface area contributed by atoms with Crippen molar-refractivity contribution < 1.29 is 23.1 Å². The van der Waals surface area contributed by atoms with Crippen molar-refractivity contribution in [3.8, 4) is 0 Å². The molecular weight excluding hydrogens is 468 g/mol. The van der Waals surface area contributed by atoms with Crippen molar-refractivity contribution in [2.45, 2.75) is 6.10 Å². The molecule has 0 saturated carbocycles. The zero-order valence-electron chi connectivity index (χ0n) is 18.9. The van der Waals surface area contributed by atoms with Crippen LogP contribution in [0.3, 0.4) is 0 Å². The molecule has 0 spiro atoms. The largest absolute Gasteiger partial charge is 0.371 e. The van der Waals surface area contributed by atoms with Crippen LogP contribution < -0.4 is 16.0 Å². The summed E-state index contributed by atoms with van der Waals surface area (Å²) in [5.41, 5.74) is 2.35. The Morgan fingerprint density at radius 1 is 0.944 bits per heavy atom. The lowest BCUT2D eigenvalue weighted by Crippen LogP contribution is -2.33. The summed E-state index contributed by atoms with van der Waals surface area (Å²) in [6, 6.07) is 13.1. The van der Waals surface area contributed by atoms with Crippen LogP contribution in [0.4, 0.5) is 25.0 Å². The van der Waals surface area contributed by atoms with E-state index in [1.54, 1.807) is 12.3 Å². The highest BCUT2D eigenvalue weighted by Gasteiger charge is 2.18. The number of aromatic nitrogens is 2. The number of ketones is 1. The molecule has 1 aliphatic heterocycles. The number of carbonyl (C=O) groups excluding carboxylic acids is 2. The Hall–Kier alpha value is -4.28. The van der Waals surface area contributed by atoms with Gasteiger partial charge < -0.3 is 20.7 Å². The summed E-state index contributed by atoms with van der Waals surface area (Å²) in [6.45, 7) is 2.02. The summed E-state index contributed by atoms with van der Waals surface area (Å²) < 4.78 is 33.4. The second-order valence-electron chi connectivity index (χ2n) is 8.21. The molecule has 1 fully saturated rings. The van der Waals surface area contributed by atoms with Gasteiger partial charge in [0.25, 0.3) is 0 Å². The molecule has 36 heavy (non-hydrogen) atoms. The van der Waals surface area contributed by atoms with Crippen LogP contribution in [0.2, 0.25) is 0 Å². The molecule has 2 aromatic heterocycles. The standard InChI is InChI=1S/C26H21F2N5O3/c27-17-2-1-3-19(11-17)31-26(35)32-20-9-15(8-18(28)12-20)25(34)22-5-4-21-23(33-22)10-16(13-30-21)24-14-29-6-7-36-24/h1-5,8-13,24,29H,6-7,14H2,(H2,31,32,35). The smallest absolute Gasteiger partial charge is 0.323 e. The first-order chi connectivity index (χ1) is 17.4. The fourth-order valence-electron chi connectivity index (χ4n) is 3.90. The van der Waals surface area contributed by atoms with Gasteiger partial charge in [-0.2, -0.15) is 0 Å². The van der Waals surface area contributed by atoms with Crippen LogP contribution in [0.15, 0.2) is 66.9 Å². The first kappa shape index (κ1) is 23.5. The topological polar surface area (TPSA) is 105 Å². The molecule has 1 unspecified atom stereocenters. The third-order valence-electron chi connectivity index (χ3n) is 5.59. The van der Waals surface area contributed by atoms with E-state index in [0.717, 1.165) is 30.3 Å². The van der Waals surface area contributed by atoms with Crippen LogP contribution in [0.1, 0.15) is 27.7 Å². The van der Waals surface area contributed by atoms with Crippen LogP contribution in [-0.2, 0) is 4.74 Å². The van der Waals surface area contributed by atoms with Gasteiger partial charge in [0, 0.05) is 41.8 Å². The first-order valence-corrected chi connectivity index (χ1v) is 11.2. The van der Waals surface area contributed by atoms with Gasteiger partial charge in [-0.3, -0.25) is 9.78 Å². The second-order valence-corrected chi connectivity index (χ2v) is 8.21. The second kappa shape index (κ2) is 10.1. The van der Waals surface area contributed by atoms with Gasteiger partial charge in [0.2, 0.25) is 5.78 Å². The normalized spacial score (nSPS) is 15.4. The van der Waals surface area contributed by atoms with Crippen molar-refractivity contribution in [3.05, 3.63) is 95.3 Å². The number of fused-ring (bicyclic) bond motifs is 1. The van der Waals surface area contributed by atoms with Crippen molar-refractivity contribution in [2.75, 3.05) is 30.3 Å². The number of ether oxygens (including phenoxy) is 1. The molecule has 2 amide bonds. The lowest BCUT2D eigenvalue weighted by atomic mass is 10.1. The molecule has 1 aliphatic rings. The van der Waals surface area contributed by atoms with E-state index in [4.69, 9.17) is 4.74 Å². The van der Waals surface area contributed by atoms with Gasteiger partial charge in [0.1, 0.15) is 17.3 Å². The third kappa shape index (κ3) is 5.35. The fourth-order valence-corrected chi connectivity index (χ4v) is 3.90. The van der Waals surface area contributed by atoms with E-state index in [1.807, 2.05) is 6.07 Å². The van der Waals surface area contributed by atoms with E-state index in [9.17, 15) is 18.4 Å². The van der Waals surface area contributed by atoms with E-state index in [2.05, 4.69) is 25.9 Å². The predicted octanol–water partition coefficient (Wildman–Crippen LogP) is 4.44. The van der Waals surface area contributed by atoms with Crippen molar-refractivity contribution >= 4 is 34.2 Å². The Bertz CT molecular complexity index is 1460. The number of morpholine rings is 1. The van der Waals surface area contributed by atoms with Gasteiger partial charge in [-0.15, -0.1) is 0 Å². The zero-order chi connectivity index (χ0) is 25.1. The number of nitrogens with one attached hydrogen (secondary N) is 3. The van der Waals surface area contributed by atoms with Gasteiger partial charge in [-0.05, 0) is 54.6 Å². The van der Waals surface area contributed by atoms with Crippen LogP contribution in [0.25, 0.3) is 11.0 Å². The highest BCUT2D eigenvalue weighted by molar-refractivity contribution is 6.09. The molecule has 1 atom stereocenters. The van der Waals surface area contributed by atoms with Crippen LogP contribution >= 0.6 is 0 Å². The molecule has 1 saturated heterocycles. The van der Waals surface area contributed by atoms with Gasteiger partial charge in [0.05, 0.1) is 23.7 Å². The Balaban J connectivity index is 1.36. The minimum atomic E-state index is -0.716. The van der Waals surface area contributed by atoms with Gasteiger partial charge in [-0.25, -0.2) is 18.6 Å². The number of benzene rings is 2. The first-order valence-electron chi connectivity index (χ1n) is 11.2. The number of halogens is 2. The molecule has 0 aliphatic carbocycles. The van der Waals surface area contributed by atoms with Gasteiger partial charge in [0.15, 0.2) is 0 Å². The van der Waals surface area contributed by atoms with Crippen LogP contribution in [0.5, 0.6) is 0 Å². The number of hydrogen-bond donors (Lipinski definition) is 3. The lowest BCUT2D eigenvalue weighted by Gasteiger charge is -2.23. The summed E-state index contributed by atoms with van der Waals surface area (Å²) in [6.07, 6.45) is 1.56. The van der Waals surface area contributed by atoms with Crippen molar-refractivity contribution in [1.29, 1.82) is 0 Å². The van der Waals surface area contributed by atoms with Crippen molar-refractivity contribution in [3.63, 3.8) is 0 Å². The molecule has 3 heterocycles. The van der Waals surface area contributed by atoms with E-state index in [0.29, 0.717) is 24.2 Å². The molecule has 2 aromatic carbocycles. The lowest BCUT2D eigenvalue weighted by molar-refractivity contribution is 0.0276. The number of hydrogen-bond acceptors (Lipinski definition) is 6. The van der Waals surface area contributed by atoms with Crippen molar-refractivity contribution in [1.82, 2.24) is 15.3 Å². The quantitative estimate of drug-likeness (QED) is 0.358. The number of pyridine rings is 2. The number of carbonyl (C=O) groups is 2. The molecule has 5 rings (SSSR count). The maximum atomic E-state index is 14.3. The maximum Gasteiger partial charge on any atom is 0.323 e. The highest BCUT2D eigenvalue weighted by atomic mass is 19.1. The minimum Gasteiger partial charge on any atom is -0.371 e. The molecule has 4 aromatic rings. The highest BCUT2D eigenvalue weighted by Crippen LogP contribution is 2.23. The van der Waals surface area contributed by atoms with E-state index in [1.165, 1.54) is 30.3 Å². The fraction of sp³-hybridized carbons (Fsp3) is 0.154. The van der Waals surface area contributed by atoms with Gasteiger partial charge >= 0.3 is 6.03 Å². The summed E-state index contributed by atoms with van der Waals surface area (Å²) in [7, 11) is 0. The van der Waals surface area contributed by atoms with E-state index < -0.39 is 23.4 Å². The Labute approximate surface area is 204 Å². The molecule has 10 heteroatoms. The predicted molar refractivity (Wildman–Crippen MR) is 130 cm³/mol. The number of nitrogens with zero attached hydrogens (tertiary/aromatic N) is 2. The Morgan fingerprint density at radius 2 is 1.78 bits per heavy atom. The molecule has 8 nitrogen and oxygen atoms in total. The van der Waals surface area contributed by atoms with E-state index >= 15 is 0 Å². The van der Waals surface area contributed by atoms with Crippen molar-refractivity contribution in [2.24, 2.45) is 0 Å². The number of urea groups is 1. The third-order valence-corrected chi connectivity index (χ3v) is 5.59. The van der Waals surface area contributed by atoms with Gasteiger partial charge in [-0.1, -0.05) is 6.07 Å². The molecule has 3 N–H and O–H groups in total. The van der Waals surface area contributed by atoms with E-state index in [-0.39, 0.29) is 28.7 Å².